The highest BCUT2D eigenvalue weighted by atomic mass is 19.2. The maximum absolute atomic E-state index is 13.4. The lowest BCUT2D eigenvalue weighted by Crippen LogP contribution is -2.37. The number of rotatable bonds is 5. The fourth-order valence-electron chi connectivity index (χ4n) is 2.62. The van der Waals surface area contributed by atoms with Crippen molar-refractivity contribution < 1.29 is 13.2 Å². The number of likely N-dealkylation sites (tertiary alicyclic amines) is 1. The van der Waals surface area contributed by atoms with Gasteiger partial charge in [0.15, 0.2) is 11.6 Å². The van der Waals surface area contributed by atoms with E-state index in [0.29, 0.717) is 12.1 Å². The molecule has 106 valence electrons. The van der Waals surface area contributed by atoms with Gasteiger partial charge < -0.3 is 5.32 Å². The number of likely N-dealkylation sites (N-methyl/N-ethyl adjacent to an activating group) is 1. The van der Waals surface area contributed by atoms with Crippen molar-refractivity contribution in [3.63, 3.8) is 0 Å². The van der Waals surface area contributed by atoms with Crippen LogP contribution in [0, 0.1) is 17.5 Å². The van der Waals surface area contributed by atoms with E-state index in [1.54, 1.807) is 0 Å². The molecule has 2 nitrogen and oxygen atoms in total. The summed E-state index contributed by atoms with van der Waals surface area (Å²) in [5.41, 5.74) is 0.167. The van der Waals surface area contributed by atoms with Gasteiger partial charge in [0, 0.05) is 30.8 Å². The summed E-state index contributed by atoms with van der Waals surface area (Å²) in [6, 6.07) is 1.97. The van der Waals surface area contributed by atoms with Gasteiger partial charge in [0.2, 0.25) is 0 Å². The summed E-state index contributed by atoms with van der Waals surface area (Å²) in [5.74, 6) is -2.85. The van der Waals surface area contributed by atoms with E-state index in [4.69, 9.17) is 0 Å². The van der Waals surface area contributed by atoms with Crippen LogP contribution in [0.4, 0.5) is 13.2 Å². The van der Waals surface area contributed by atoms with Gasteiger partial charge in [-0.2, -0.15) is 0 Å². The van der Waals surface area contributed by atoms with Crippen LogP contribution in [0.5, 0.6) is 0 Å². The molecule has 0 amide bonds. The number of halogens is 3. The molecule has 1 aliphatic rings. The van der Waals surface area contributed by atoms with E-state index in [0.717, 1.165) is 32.1 Å². The van der Waals surface area contributed by atoms with Gasteiger partial charge in [-0.3, -0.25) is 4.90 Å². The summed E-state index contributed by atoms with van der Waals surface area (Å²) in [5, 5.41) is 3.12. The average Bonchev–Trinajstić information content (AvgIpc) is 2.83. The molecular formula is C14H19F3N2. The zero-order valence-corrected chi connectivity index (χ0v) is 11.1. The minimum atomic E-state index is -1.14. The standard InChI is InChI=1S/C14H19F3N2/c1-2-19-5-3-4-11(19)9-18-8-10-6-13(16)14(17)7-12(10)15/h6-7,11,18H,2-5,8-9H2,1H3. The van der Waals surface area contributed by atoms with Crippen LogP contribution < -0.4 is 5.32 Å². The molecule has 0 radical (unpaired) electrons. The summed E-state index contributed by atoms with van der Waals surface area (Å²) in [6.45, 7) is 5.19. The van der Waals surface area contributed by atoms with Crippen LogP contribution in [0.3, 0.4) is 0 Å². The van der Waals surface area contributed by atoms with Crippen LogP contribution in [0.2, 0.25) is 0 Å². The van der Waals surface area contributed by atoms with Crippen molar-refractivity contribution in [1.82, 2.24) is 10.2 Å². The van der Waals surface area contributed by atoms with Gasteiger partial charge in [0.1, 0.15) is 5.82 Å². The first-order chi connectivity index (χ1) is 9.11. The molecule has 0 aromatic heterocycles. The van der Waals surface area contributed by atoms with Gasteiger partial charge in [-0.25, -0.2) is 13.2 Å². The fraction of sp³-hybridized carbons (Fsp3) is 0.571. The molecule has 0 spiro atoms. The summed E-state index contributed by atoms with van der Waals surface area (Å²) in [4.78, 5) is 2.37. The highest BCUT2D eigenvalue weighted by molar-refractivity contribution is 5.19. The average molecular weight is 272 g/mol. The predicted octanol–water partition coefficient (Wildman–Crippen LogP) is 2.68. The Morgan fingerprint density at radius 3 is 2.68 bits per heavy atom. The Morgan fingerprint density at radius 1 is 1.21 bits per heavy atom. The molecule has 1 heterocycles. The lowest BCUT2D eigenvalue weighted by Gasteiger charge is -2.23. The Balaban J connectivity index is 1.87. The molecule has 0 saturated carbocycles. The molecule has 1 saturated heterocycles. The van der Waals surface area contributed by atoms with Gasteiger partial charge in [0.05, 0.1) is 0 Å². The Kier molecular flexibility index (Phi) is 4.82. The van der Waals surface area contributed by atoms with Gasteiger partial charge in [-0.1, -0.05) is 6.92 Å². The Morgan fingerprint density at radius 2 is 1.95 bits per heavy atom. The molecule has 0 bridgehead atoms. The van der Waals surface area contributed by atoms with Gasteiger partial charge in [0.25, 0.3) is 0 Å². The predicted molar refractivity (Wildman–Crippen MR) is 68.3 cm³/mol. The first-order valence-electron chi connectivity index (χ1n) is 6.70. The zero-order valence-electron chi connectivity index (χ0n) is 11.1. The van der Waals surface area contributed by atoms with E-state index < -0.39 is 17.5 Å². The van der Waals surface area contributed by atoms with E-state index >= 15 is 0 Å². The molecule has 2 rings (SSSR count). The molecule has 1 fully saturated rings. The molecule has 1 aromatic rings. The first-order valence-corrected chi connectivity index (χ1v) is 6.70. The van der Waals surface area contributed by atoms with Crippen molar-refractivity contribution >= 4 is 0 Å². The number of nitrogens with zero attached hydrogens (tertiary/aromatic N) is 1. The Labute approximate surface area is 111 Å². The number of nitrogens with one attached hydrogen (secondary N) is 1. The summed E-state index contributed by atoms with van der Waals surface area (Å²) in [6.07, 6.45) is 2.31. The van der Waals surface area contributed by atoms with Crippen molar-refractivity contribution in [2.45, 2.75) is 32.4 Å². The van der Waals surface area contributed by atoms with E-state index in [2.05, 4.69) is 17.1 Å². The number of benzene rings is 1. The second-order valence-electron chi connectivity index (χ2n) is 4.91. The maximum Gasteiger partial charge on any atom is 0.161 e. The van der Waals surface area contributed by atoms with Gasteiger partial charge in [-0.15, -0.1) is 0 Å². The van der Waals surface area contributed by atoms with E-state index in [9.17, 15) is 13.2 Å². The van der Waals surface area contributed by atoms with E-state index in [-0.39, 0.29) is 12.1 Å². The van der Waals surface area contributed by atoms with E-state index in [1.807, 2.05) is 0 Å². The van der Waals surface area contributed by atoms with Crippen LogP contribution in [0.1, 0.15) is 25.3 Å². The summed E-state index contributed by atoms with van der Waals surface area (Å²) < 4.78 is 39.2. The third-order valence-electron chi connectivity index (χ3n) is 3.69. The monoisotopic (exact) mass is 272 g/mol. The second kappa shape index (κ2) is 6.39. The highest BCUT2D eigenvalue weighted by Gasteiger charge is 2.22. The summed E-state index contributed by atoms with van der Waals surface area (Å²) in [7, 11) is 0. The fourth-order valence-corrected chi connectivity index (χ4v) is 2.62. The molecule has 1 N–H and O–H groups in total. The van der Waals surface area contributed by atoms with Crippen molar-refractivity contribution in [2.75, 3.05) is 19.6 Å². The molecule has 5 heteroatoms. The molecule has 1 aliphatic heterocycles. The highest BCUT2D eigenvalue weighted by Crippen LogP contribution is 2.16. The normalized spacial score (nSPS) is 20.1. The number of hydrogen-bond acceptors (Lipinski definition) is 2. The molecule has 19 heavy (non-hydrogen) atoms. The minimum absolute atomic E-state index is 0.167. The van der Waals surface area contributed by atoms with Crippen LogP contribution in [0.25, 0.3) is 0 Å². The first kappa shape index (κ1) is 14.3. The van der Waals surface area contributed by atoms with Crippen LogP contribution >= 0.6 is 0 Å². The van der Waals surface area contributed by atoms with Crippen LogP contribution in [0.15, 0.2) is 12.1 Å². The van der Waals surface area contributed by atoms with Crippen LogP contribution in [-0.4, -0.2) is 30.6 Å². The van der Waals surface area contributed by atoms with Gasteiger partial charge in [-0.05, 0) is 32.0 Å². The smallest absolute Gasteiger partial charge is 0.161 e. The molecule has 0 aliphatic carbocycles. The third-order valence-corrected chi connectivity index (χ3v) is 3.69. The Bertz CT molecular complexity index is 437. The van der Waals surface area contributed by atoms with Crippen LogP contribution in [-0.2, 0) is 6.54 Å². The van der Waals surface area contributed by atoms with Gasteiger partial charge >= 0.3 is 0 Å². The van der Waals surface area contributed by atoms with Crippen molar-refractivity contribution in [1.29, 1.82) is 0 Å². The SMILES string of the molecule is CCN1CCCC1CNCc1cc(F)c(F)cc1F. The van der Waals surface area contributed by atoms with E-state index in [1.165, 1.54) is 6.42 Å². The van der Waals surface area contributed by atoms with Crippen molar-refractivity contribution in [2.24, 2.45) is 0 Å². The van der Waals surface area contributed by atoms with Crippen molar-refractivity contribution in [3.8, 4) is 0 Å². The molecule has 1 aromatic carbocycles. The molecule has 1 unspecified atom stereocenters. The maximum atomic E-state index is 13.4. The Hall–Kier alpha value is -1.07. The summed E-state index contributed by atoms with van der Waals surface area (Å²) >= 11 is 0. The topological polar surface area (TPSA) is 15.3 Å². The minimum Gasteiger partial charge on any atom is -0.311 e. The lowest BCUT2D eigenvalue weighted by atomic mass is 10.1. The molecule has 1 atom stereocenters. The lowest BCUT2D eigenvalue weighted by molar-refractivity contribution is 0.259. The van der Waals surface area contributed by atoms with Crippen molar-refractivity contribution in [3.05, 3.63) is 35.1 Å². The zero-order chi connectivity index (χ0) is 13.8. The molecular weight excluding hydrogens is 253 g/mol. The largest absolute Gasteiger partial charge is 0.311 e. The third kappa shape index (κ3) is 3.48. The number of hydrogen-bond donors (Lipinski definition) is 1. The quantitative estimate of drug-likeness (QED) is 0.829. The second-order valence-corrected chi connectivity index (χ2v) is 4.91.